The Morgan fingerprint density at radius 3 is 2.66 bits per heavy atom. The van der Waals surface area contributed by atoms with Crippen LogP contribution in [0.5, 0.6) is 11.5 Å². The number of hydrogen-bond donors (Lipinski definition) is 1. The maximum atomic E-state index is 13.0. The lowest BCUT2D eigenvalue weighted by molar-refractivity contribution is 0.102. The van der Waals surface area contributed by atoms with Crippen LogP contribution in [0, 0.1) is 13.8 Å². The molecule has 3 heterocycles. The third kappa shape index (κ3) is 4.07. The van der Waals surface area contributed by atoms with Gasteiger partial charge in [0.15, 0.2) is 11.5 Å². The molecule has 0 saturated carbocycles. The van der Waals surface area contributed by atoms with Crippen molar-refractivity contribution in [3.05, 3.63) is 70.3 Å². The fourth-order valence-electron chi connectivity index (χ4n) is 3.40. The topological polar surface area (TPSA) is 65.4 Å². The predicted molar refractivity (Wildman–Crippen MR) is 112 cm³/mol. The monoisotopic (exact) mass is 411 g/mol. The van der Waals surface area contributed by atoms with Crippen LogP contribution in [-0.2, 0) is 6.54 Å². The zero-order valence-electron chi connectivity index (χ0n) is 16.4. The van der Waals surface area contributed by atoms with Gasteiger partial charge >= 0.3 is 0 Å². The van der Waals surface area contributed by atoms with Gasteiger partial charge in [-0.2, -0.15) is 0 Å². The van der Waals surface area contributed by atoms with Crippen LogP contribution in [-0.4, -0.2) is 28.7 Å². The molecule has 4 rings (SSSR count). The molecule has 0 bridgehead atoms. The van der Waals surface area contributed by atoms with Gasteiger partial charge < -0.3 is 19.4 Å². The van der Waals surface area contributed by atoms with Crippen molar-refractivity contribution in [2.45, 2.75) is 26.8 Å². The summed E-state index contributed by atoms with van der Waals surface area (Å²) in [6.45, 7) is 5.66. The lowest BCUT2D eigenvalue weighted by atomic mass is 10.2. The number of nitrogens with one attached hydrogen (secondary N) is 1. The molecule has 1 aromatic carbocycles. The van der Waals surface area contributed by atoms with Crippen LogP contribution in [0.3, 0.4) is 0 Å². The lowest BCUT2D eigenvalue weighted by Crippen LogP contribution is -2.14. The van der Waals surface area contributed by atoms with E-state index in [1.54, 1.807) is 18.3 Å². The number of nitrogens with zero attached hydrogens (tertiary/aromatic N) is 2. The van der Waals surface area contributed by atoms with Crippen molar-refractivity contribution in [1.82, 2.24) is 9.55 Å². The molecule has 0 unspecified atom stereocenters. The number of ether oxygens (including phenoxy) is 2. The molecule has 7 heteroatoms. The molecule has 0 atom stereocenters. The van der Waals surface area contributed by atoms with Crippen molar-refractivity contribution in [2.75, 3.05) is 18.5 Å². The van der Waals surface area contributed by atoms with Crippen molar-refractivity contribution in [1.29, 1.82) is 0 Å². The third-order valence-corrected chi connectivity index (χ3v) is 5.26. The van der Waals surface area contributed by atoms with E-state index in [-0.39, 0.29) is 5.91 Å². The molecule has 0 fully saturated rings. The number of aryl methyl sites for hydroxylation is 1. The molecule has 0 radical (unpaired) electrons. The Bertz CT molecular complexity index is 1050. The first-order valence-corrected chi connectivity index (χ1v) is 9.88. The van der Waals surface area contributed by atoms with E-state index in [0.29, 0.717) is 47.5 Å². The zero-order valence-corrected chi connectivity index (χ0v) is 17.1. The van der Waals surface area contributed by atoms with Crippen LogP contribution in [0.25, 0.3) is 0 Å². The number of carbonyl (C=O) groups excluding carboxylic acids is 1. The summed E-state index contributed by atoms with van der Waals surface area (Å²) in [4.78, 5) is 17.3. The zero-order chi connectivity index (χ0) is 20.4. The Balaban J connectivity index is 1.58. The second kappa shape index (κ2) is 8.17. The smallest absolute Gasteiger partial charge is 0.257 e. The second-order valence-corrected chi connectivity index (χ2v) is 7.38. The van der Waals surface area contributed by atoms with Crippen LogP contribution in [0.15, 0.2) is 42.6 Å². The van der Waals surface area contributed by atoms with Crippen LogP contribution < -0.4 is 14.8 Å². The van der Waals surface area contributed by atoms with Crippen LogP contribution in [0.2, 0.25) is 5.02 Å². The number of amides is 1. The summed E-state index contributed by atoms with van der Waals surface area (Å²) in [5, 5.41) is 3.31. The standard InChI is InChI=1S/C22H22ClN3O3/c1-14-10-17(15(2)26(14)13-16-6-3-4-7-24-16)22(27)25-19-12-21-20(11-18(19)23)28-8-5-9-29-21/h3-4,6-7,10-12H,5,8-9,13H2,1-2H3,(H,25,27). The number of hydrogen-bond acceptors (Lipinski definition) is 4. The number of pyridine rings is 1. The van der Waals surface area contributed by atoms with E-state index in [1.807, 2.05) is 38.1 Å². The molecule has 6 nitrogen and oxygen atoms in total. The Morgan fingerprint density at radius 2 is 1.93 bits per heavy atom. The molecule has 0 spiro atoms. The molecule has 150 valence electrons. The van der Waals surface area contributed by atoms with Crippen molar-refractivity contribution < 1.29 is 14.3 Å². The highest BCUT2D eigenvalue weighted by atomic mass is 35.5. The maximum Gasteiger partial charge on any atom is 0.257 e. The predicted octanol–water partition coefficient (Wildman–Crippen LogP) is 4.62. The number of rotatable bonds is 4. The first-order chi connectivity index (χ1) is 14.0. The molecule has 29 heavy (non-hydrogen) atoms. The van der Waals surface area contributed by atoms with Crippen molar-refractivity contribution in [2.24, 2.45) is 0 Å². The summed E-state index contributed by atoms with van der Waals surface area (Å²) in [6.07, 6.45) is 2.57. The first-order valence-electron chi connectivity index (χ1n) is 9.50. The molecule has 3 aromatic rings. The fourth-order valence-corrected chi connectivity index (χ4v) is 3.60. The highest BCUT2D eigenvalue weighted by Crippen LogP contribution is 2.38. The van der Waals surface area contributed by atoms with Crippen LogP contribution in [0.1, 0.15) is 33.9 Å². The minimum Gasteiger partial charge on any atom is -0.490 e. The van der Waals surface area contributed by atoms with E-state index in [2.05, 4.69) is 14.9 Å². The normalized spacial score (nSPS) is 13.1. The van der Waals surface area contributed by atoms with Gasteiger partial charge in [0.2, 0.25) is 0 Å². The second-order valence-electron chi connectivity index (χ2n) is 6.98. The molecule has 0 saturated heterocycles. The van der Waals surface area contributed by atoms with Gasteiger partial charge in [0.1, 0.15) is 0 Å². The first kappa shape index (κ1) is 19.3. The summed E-state index contributed by atoms with van der Waals surface area (Å²) in [6, 6.07) is 11.1. The number of fused-ring (bicyclic) bond motifs is 1. The van der Waals surface area contributed by atoms with E-state index < -0.39 is 0 Å². The average Bonchev–Trinajstić information content (AvgIpc) is 2.86. The number of halogens is 1. The Hall–Kier alpha value is -2.99. The quantitative estimate of drug-likeness (QED) is 0.680. The maximum absolute atomic E-state index is 13.0. The lowest BCUT2D eigenvalue weighted by Gasteiger charge is -2.13. The fraction of sp³-hybridized carbons (Fsp3) is 0.273. The summed E-state index contributed by atoms with van der Waals surface area (Å²) >= 11 is 6.37. The molecule has 1 N–H and O–H groups in total. The van der Waals surface area contributed by atoms with Crippen LogP contribution in [0.4, 0.5) is 5.69 Å². The molecule has 1 aliphatic heterocycles. The number of anilines is 1. The SMILES string of the molecule is Cc1cc(C(=O)Nc2cc3c(cc2Cl)OCCCO3)c(C)n1Cc1ccccn1. The van der Waals surface area contributed by atoms with Gasteiger partial charge in [0.05, 0.1) is 41.7 Å². The van der Waals surface area contributed by atoms with Gasteiger partial charge in [-0.1, -0.05) is 17.7 Å². The van der Waals surface area contributed by atoms with E-state index in [0.717, 1.165) is 23.5 Å². The summed E-state index contributed by atoms with van der Waals surface area (Å²) < 4.78 is 13.4. The Kier molecular flexibility index (Phi) is 5.45. The minimum absolute atomic E-state index is 0.221. The van der Waals surface area contributed by atoms with Gasteiger partial charge in [0, 0.05) is 36.1 Å². The molecular weight excluding hydrogens is 390 g/mol. The minimum atomic E-state index is -0.221. The largest absolute Gasteiger partial charge is 0.490 e. The van der Waals surface area contributed by atoms with E-state index in [1.165, 1.54) is 0 Å². The van der Waals surface area contributed by atoms with Crippen molar-refractivity contribution in [3.63, 3.8) is 0 Å². The van der Waals surface area contributed by atoms with E-state index in [4.69, 9.17) is 21.1 Å². The van der Waals surface area contributed by atoms with Crippen molar-refractivity contribution >= 4 is 23.2 Å². The molecular formula is C22H22ClN3O3. The van der Waals surface area contributed by atoms with Gasteiger partial charge in [-0.25, -0.2) is 0 Å². The van der Waals surface area contributed by atoms with Gasteiger partial charge in [-0.05, 0) is 32.0 Å². The highest BCUT2D eigenvalue weighted by Gasteiger charge is 2.19. The number of aromatic nitrogens is 2. The van der Waals surface area contributed by atoms with Gasteiger partial charge in [-0.15, -0.1) is 0 Å². The molecule has 1 aliphatic rings. The molecule has 1 amide bonds. The van der Waals surface area contributed by atoms with Crippen molar-refractivity contribution in [3.8, 4) is 11.5 Å². The third-order valence-electron chi connectivity index (χ3n) is 4.95. The molecule has 0 aliphatic carbocycles. The van der Waals surface area contributed by atoms with Gasteiger partial charge in [0.25, 0.3) is 5.91 Å². The number of benzene rings is 1. The summed E-state index contributed by atoms with van der Waals surface area (Å²) in [5.41, 5.74) is 3.89. The highest BCUT2D eigenvalue weighted by molar-refractivity contribution is 6.34. The number of carbonyl (C=O) groups is 1. The summed E-state index contributed by atoms with van der Waals surface area (Å²) in [7, 11) is 0. The Labute approximate surface area is 174 Å². The Morgan fingerprint density at radius 1 is 1.17 bits per heavy atom. The van der Waals surface area contributed by atoms with E-state index in [9.17, 15) is 4.79 Å². The van der Waals surface area contributed by atoms with E-state index >= 15 is 0 Å². The average molecular weight is 412 g/mol. The summed E-state index contributed by atoms with van der Waals surface area (Å²) in [5.74, 6) is 0.962. The van der Waals surface area contributed by atoms with Gasteiger partial charge in [-0.3, -0.25) is 9.78 Å². The molecule has 2 aromatic heterocycles. The van der Waals surface area contributed by atoms with Crippen LogP contribution >= 0.6 is 11.6 Å².